The van der Waals surface area contributed by atoms with Crippen LogP contribution in [0.1, 0.15) is 27.0 Å². The van der Waals surface area contributed by atoms with Gasteiger partial charge < -0.3 is 10.5 Å². The van der Waals surface area contributed by atoms with Gasteiger partial charge in [0.2, 0.25) is 0 Å². The quantitative estimate of drug-likeness (QED) is 0.677. The molecule has 0 unspecified atom stereocenters. The SMILES string of the molecule is Cc1cc(C)c(C(=O)OCc2ccncc2)cc1N. The molecule has 2 rings (SSSR count). The number of nitrogens with zero attached hydrogens (tertiary/aromatic N) is 1. The summed E-state index contributed by atoms with van der Waals surface area (Å²) in [7, 11) is 0. The van der Waals surface area contributed by atoms with E-state index in [4.69, 9.17) is 10.5 Å². The van der Waals surface area contributed by atoms with Crippen LogP contribution in [-0.4, -0.2) is 11.0 Å². The molecule has 0 radical (unpaired) electrons. The molecule has 0 bridgehead atoms. The Balaban J connectivity index is 2.10. The molecule has 0 spiro atoms. The first kappa shape index (κ1) is 13.1. The lowest BCUT2D eigenvalue weighted by atomic mass is 10.0. The molecule has 0 atom stereocenters. The van der Waals surface area contributed by atoms with Crippen LogP contribution in [0.5, 0.6) is 0 Å². The standard InChI is InChI=1S/C15H16N2O2/c1-10-7-11(2)14(16)8-13(10)15(18)19-9-12-3-5-17-6-4-12/h3-8H,9,16H2,1-2H3. The second-order valence-electron chi connectivity index (χ2n) is 4.46. The molecule has 0 fully saturated rings. The van der Waals surface area contributed by atoms with Crippen molar-refractivity contribution >= 4 is 11.7 Å². The first-order valence-electron chi connectivity index (χ1n) is 6.00. The molecule has 1 aromatic heterocycles. The predicted molar refractivity (Wildman–Crippen MR) is 73.7 cm³/mol. The summed E-state index contributed by atoms with van der Waals surface area (Å²) in [6.07, 6.45) is 3.33. The Morgan fingerprint density at radius 2 is 1.89 bits per heavy atom. The largest absolute Gasteiger partial charge is 0.457 e. The fourth-order valence-corrected chi connectivity index (χ4v) is 1.79. The lowest BCUT2D eigenvalue weighted by molar-refractivity contribution is 0.0472. The number of carbonyl (C=O) groups is 1. The predicted octanol–water partition coefficient (Wildman–Crippen LogP) is 2.64. The smallest absolute Gasteiger partial charge is 0.338 e. The molecule has 0 aliphatic rings. The molecule has 0 saturated carbocycles. The van der Waals surface area contributed by atoms with E-state index in [-0.39, 0.29) is 12.6 Å². The van der Waals surface area contributed by atoms with E-state index in [9.17, 15) is 4.79 Å². The molecule has 2 aromatic rings. The number of hydrogen-bond acceptors (Lipinski definition) is 4. The maximum atomic E-state index is 12.0. The minimum absolute atomic E-state index is 0.231. The zero-order valence-electron chi connectivity index (χ0n) is 11.0. The second-order valence-corrected chi connectivity index (χ2v) is 4.46. The highest BCUT2D eigenvalue weighted by atomic mass is 16.5. The third kappa shape index (κ3) is 3.10. The molecule has 2 N–H and O–H groups in total. The van der Waals surface area contributed by atoms with E-state index < -0.39 is 0 Å². The van der Waals surface area contributed by atoms with E-state index in [1.54, 1.807) is 18.5 Å². The van der Waals surface area contributed by atoms with E-state index in [0.717, 1.165) is 16.7 Å². The fraction of sp³-hybridized carbons (Fsp3) is 0.200. The summed E-state index contributed by atoms with van der Waals surface area (Å²) in [6.45, 7) is 4.01. The monoisotopic (exact) mass is 256 g/mol. The Morgan fingerprint density at radius 3 is 2.58 bits per heavy atom. The van der Waals surface area contributed by atoms with Gasteiger partial charge in [-0.25, -0.2) is 4.79 Å². The van der Waals surface area contributed by atoms with Gasteiger partial charge in [0.25, 0.3) is 0 Å². The number of pyridine rings is 1. The zero-order chi connectivity index (χ0) is 13.8. The van der Waals surface area contributed by atoms with E-state index >= 15 is 0 Å². The van der Waals surface area contributed by atoms with Crippen LogP contribution in [0.4, 0.5) is 5.69 Å². The number of nitrogens with two attached hydrogens (primary N) is 1. The van der Waals surface area contributed by atoms with Gasteiger partial charge in [-0.2, -0.15) is 0 Å². The van der Waals surface area contributed by atoms with Crippen molar-refractivity contribution in [2.24, 2.45) is 0 Å². The van der Waals surface area contributed by atoms with Crippen LogP contribution in [0, 0.1) is 13.8 Å². The summed E-state index contributed by atoms with van der Waals surface area (Å²) in [6, 6.07) is 7.17. The number of anilines is 1. The number of esters is 1. The molecule has 0 aliphatic carbocycles. The van der Waals surface area contributed by atoms with Gasteiger partial charge in [-0.3, -0.25) is 4.98 Å². The molecule has 1 heterocycles. The molecule has 19 heavy (non-hydrogen) atoms. The van der Waals surface area contributed by atoms with Gasteiger partial charge >= 0.3 is 5.97 Å². The molecule has 0 amide bonds. The number of nitrogen functional groups attached to an aromatic ring is 1. The first-order valence-corrected chi connectivity index (χ1v) is 6.00. The van der Waals surface area contributed by atoms with Crippen molar-refractivity contribution in [2.75, 3.05) is 5.73 Å². The van der Waals surface area contributed by atoms with Crippen molar-refractivity contribution in [3.05, 3.63) is 58.9 Å². The number of benzene rings is 1. The molecular formula is C15H16N2O2. The average molecular weight is 256 g/mol. The van der Waals surface area contributed by atoms with Gasteiger partial charge in [0, 0.05) is 18.1 Å². The highest BCUT2D eigenvalue weighted by Crippen LogP contribution is 2.19. The first-order chi connectivity index (χ1) is 9.08. The Hall–Kier alpha value is -2.36. The third-order valence-corrected chi connectivity index (χ3v) is 2.95. The van der Waals surface area contributed by atoms with E-state index in [0.29, 0.717) is 11.3 Å². The zero-order valence-corrected chi connectivity index (χ0v) is 11.0. The minimum atomic E-state index is -0.360. The molecule has 1 aromatic carbocycles. The summed E-state index contributed by atoms with van der Waals surface area (Å²) in [4.78, 5) is 15.9. The summed E-state index contributed by atoms with van der Waals surface area (Å²) < 4.78 is 5.27. The van der Waals surface area contributed by atoms with Crippen LogP contribution in [0.25, 0.3) is 0 Å². The second kappa shape index (κ2) is 5.52. The lowest BCUT2D eigenvalue weighted by Crippen LogP contribution is -2.08. The lowest BCUT2D eigenvalue weighted by Gasteiger charge is -2.09. The maximum absolute atomic E-state index is 12.0. The molecule has 0 aliphatic heterocycles. The fourth-order valence-electron chi connectivity index (χ4n) is 1.79. The molecule has 0 saturated heterocycles. The number of aromatic nitrogens is 1. The minimum Gasteiger partial charge on any atom is -0.457 e. The van der Waals surface area contributed by atoms with E-state index in [2.05, 4.69) is 4.98 Å². The molecule has 98 valence electrons. The maximum Gasteiger partial charge on any atom is 0.338 e. The molecular weight excluding hydrogens is 240 g/mol. The highest BCUT2D eigenvalue weighted by Gasteiger charge is 2.12. The van der Waals surface area contributed by atoms with Crippen LogP contribution in [-0.2, 0) is 11.3 Å². The van der Waals surface area contributed by atoms with Crippen LogP contribution in [0.3, 0.4) is 0 Å². The topological polar surface area (TPSA) is 65.2 Å². The average Bonchev–Trinajstić information content (AvgIpc) is 2.41. The van der Waals surface area contributed by atoms with Crippen LogP contribution < -0.4 is 5.73 Å². The number of hydrogen-bond donors (Lipinski definition) is 1. The van der Waals surface area contributed by atoms with Crippen molar-refractivity contribution in [1.29, 1.82) is 0 Å². The van der Waals surface area contributed by atoms with Crippen molar-refractivity contribution in [3.8, 4) is 0 Å². The van der Waals surface area contributed by atoms with Crippen LogP contribution in [0.15, 0.2) is 36.7 Å². The Morgan fingerprint density at radius 1 is 1.21 bits per heavy atom. The molecule has 4 heteroatoms. The van der Waals surface area contributed by atoms with Gasteiger partial charge in [-0.1, -0.05) is 6.07 Å². The van der Waals surface area contributed by atoms with Gasteiger partial charge in [-0.05, 0) is 48.7 Å². The van der Waals surface area contributed by atoms with Gasteiger partial charge in [0.1, 0.15) is 6.61 Å². The summed E-state index contributed by atoms with van der Waals surface area (Å²) >= 11 is 0. The van der Waals surface area contributed by atoms with Gasteiger partial charge in [-0.15, -0.1) is 0 Å². The van der Waals surface area contributed by atoms with Crippen LogP contribution >= 0.6 is 0 Å². The Labute approximate surface area is 112 Å². The summed E-state index contributed by atoms with van der Waals surface area (Å²) in [5.74, 6) is -0.360. The van der Waals surface area contributed by atoms with E-state index in [1.807, 2.05) is 32.0 Å². The summed E-state index contributed by atoms with van der Waals surface area (Å²) in [5, 5.41) is 0. The van der Waals surface area contributed by atoms with Gasteiger partial charge in [0.15, 0.2) is 0 Å². The number of aryl methyl sites for hydroxylation is 2. The van der Waals surface area contributed by atoms with E-state index in [1.165, 1.54) is 0 Å². The molecule has 4 nitrogen and oxygen atoms in total. The van der Waals surface area contributed by atoms with Gasteiger partial charge in [0.05, 0.1) is 5.56 Å². The van der Waals surface area contributed by atoms with Crippen LogP contribution in [0.2, 0.25) is 0 Å². The highest BCUT2D eigenvalue weighted by molar-refractivity contribution is 5.92. The van der Waals surface area contributed by atoms with Crippen molar-refractivity contribution in [3.63, 3.8) is 0 Å². The normalized spacial score (nSPS) is 10.2. The third-order valence-electron chi connectivity index (χ3n) is 2.95. The van der Waals surface area contributed by atoms with Crippen molar-refractivity contribution in [2.45, 2.75) is 20.5 Å². The van der Waals surface area contributed by atoms with Crippen molar-refractivity contribution < 1.29 is 9.53 Å². The summed E-state index contributed by atoms with van der Waals surface area (Å²) in [5.41, 5.74) is 9.66. The van der Waals surface area contributed by atoms with Crippen molar-refractivity contribution in [1.82, 2.24) is 4.98 Å². The Bertz CT molecular complexity index is 595. The number of rotatable bonds is 3. The number of ether oxygens (including phenoxy) is 1. The number of carbonyl (C=O) groups excluding carboxylic acids is 1. The Kier molecular flexibility index (Phi) is 3.80.